The second kappa shape index (κ2) is 9.49. The third-order valence-corrected chi connectivity index (χ3v) is 5.53. The highest BCUT2D eigenvalue weighted by atomic mass is 79.9. The van der Waals surface area contributed by atoms with Gasteiger partial charge >= 0.3 is 0 Å². The molecule has 1 N–H and O–H groups in total. The number of aromatic nitrogens is 5. The number of hydrogen-bond donors (Lipinski definition) is 1. The number of pyridine rings is 1. The lowest BCUT2D eigenvalue weighted by Crippen LogP contribution is -2.20. The largest absolute Gasteiger partial charge is 0.307 e. The van der Waals surface area contributed by atoms with E-state index in [0.717, 1.165) is 4.68 Å². The number of aryl methyl sites for hydroxylation is 1. The number of alkyl halides is 4. The Balaban J connectivity index is 1.57. The summed E-state index contributed by atoms with van der Waals surface area (Å²) in [4.78, 5) is 16.4. The zero-order valence-corrected chi connectivity index (χ0v) is 19.0. The van der Waals surface area contributed by atoms with Crippen molar-refractivity contribution in [3.63, 3.8) is 0 Å². The van der Waals surface area contributed by atoms with Crippen molar-refractivity contribution in [3.8, 4) is 0 Å². The highest BCUT2D eigenvalue weighted by molar-refractivity contribution is 9.10. The number of benzene rings is 1. The van der Waals surface area contributed by atoms with Crippen LogP contribution in [0.5, 0.6) is 0 Å². The summed E-state index contributed by atoms with van der Waals surface area (Å²) < 4.78 is 70.1. The summed E-state index contributed by atoms with van der Waals surface area (Å²) in [5.41, 5.74) is -1.19. The van der Waals surface area contributed by atoms with E-state index >= 15 is 0 Å². The number of rotatable bonds is 7. The predicted octanol–water partition coefficient (Wildman–Crippen LogP) is 5.40. The van der Waals surface area contributed by atoms with Gasteiger partial charge in [-0.15, -0.1) is 0 Å². The van der Waals surface area contributed by atoms with Crippen LogP contribution in [-0.4, -0.2) is 30.5 Å². The van der Waals surface area contributed by atoms with Crippen molar-refractivity contribution in [2.45, 2.75) is 32.9 Å². The smallest absolute Gasteiger partial charge is 0.280 e. The van der Waals surface area contributed by atoms with Crippen molar-refractivity contribution in [2.24, 2.45) is 0 Å². The average Bonchev–Trinajstić information content (AvgIpc) is 3.27. The highest BCUT2D eigenvalue weighted by Gasteiger charge is 2.24. The Morgan fingerprint density at radius 2 is 1.88 bits per heavy atom. The first-order valence-electron chi connectivity index (χ1n) is 9.84. The first-order valence-corrected chi connectivity index (χ1v) is 10.6. The lowest BCUT2D eigenvalue weighted by atomic mass is 10.1. The molecule has 1 aromatic carbocycles. The van der Waals surface area contributed by atoms with Crippen LogP contribution >= 0.6 is 15.9 Å². The lowest BCUT2D eigenvalue weighted by molar-refractivity contribution is -0.116. The molecule has 0 atom stereocenters. The fraction of sp³-hybridized carbons (Fsp3) is 0.238. The van der Waals surface area contributed by atoms with Gasteiger partial charge in [-0.25, -0.2) is 31.6 Å². The van der Waals surface area contributed by atoms with Gasteiger partial charge in [0, 0.05) is 17.3 Å². The minimum atomic E-state index is -3.08. The van der Waals surface area contributed by atoms with Crippen LogP contribution in [0.25, 0.3) is 11.0 Å². The molecular weight excluding hydrogens is 527 g/mol. The summed E-state index contributed by atoms with van der Waals surface area (Å²) in [6, 6.07) is 6.81. The average molecular weight is 543 g/mol. The second-order valence-corrected chi connectivity index (χ2v) is 8.20. The normalized spacial score (nSPS) is 11.7. The van der Waals surface area contributed by atoms with Crippen LogP contribution in [0, 0.1) is 12.7 Å². The maximum atomic E-state index is 13.9. The van der Waals surface area contributed by atoms with Gasteiger partial charge in [-0.1, -0.05) is 18.2 Å². The van der Waals surface area contributed by atoms with Crippen molar-refractivity contribution in [2.75, 3.05) is 5.32 Å². The molecule has 7 nitrogen and oxygen atoms in total. The van der Waals surface area contributed by atoms with E-state index in [2.05, 4.69) is 36.4 Å². The van der Waals surface area contributed by atoms with Crippen LogP contribution in [0.4, 0.5) is 27.8 Å². The van der Waals surface area contributed by atoms with Gasteiger partial charge < -0.3 is 5.32 Å². The van der Waals surface area contributed by atoms with E-state index in [1.54, 1.807) is 24.4 Å². The monoisotopic (exact) mass is 542 g/mol. The second-order valence-electron chi connectivity index (χ2n) is 7.34. The highest BCUT2D eigenvalue weighted by Crippen LogP contribution is 2.32. The molecule has 4 aromatic rings. The topological polar surface area (TPSA) is 77.6 Å². The van der Waals surface area contributed by atoms with Crippen LogP contribution < -0.4 is 5.32 Å². The van der Waals surface area contributed by atoms with Gasteiger partial charge in [0.05, 0.1) is 22.1 Å². The Morgan fingerprint density at radius 3 is 2.56 bits per heavy atom. The summed E-state index contributed by atoms with van der Waals surface area (Å²) in [7, 11) is 0. The number of carbonyl (C=O) groups is 1. The summed E-state index contributed by atoms with van der Waals surface area (Å²) in [5.74, 6) is -0.924. The fourth-order valence-electron chi connectivity index (χ4n) is 3.47. The van der Waals surface area contributed by atoms with E-state index in [0.29, 0.717) is 16.1 Å². The lowest BCUT2D eigenvalue weighted by Gasteiger charge is -2.08. The molecule has 0 saturated carbocycles. The number of nitrogens with zero attached hydrogens (tertiary/aromatic N) is 5. The van der Waals surface area contributed by atoms with Crippen LogP contribution in [0.15, 0.2) is 41.0 Å². The zero-order valence-electron chi connectivity index (χ0n) is 17.4. The third-order valence-electron chi connectivity index (χ3n) is 4.94. The van der Waals surface area contributed by atoms with Gasteiger partial charge in [-0.3, -0.25) is 9.48 Å². The Labute approximate surface area is 197 Å². The first-order chi connectivity index (χ1) is 16.1. The molecule has 0 bridgehead atoms. The Bertz CT molecular complexity index is 1370. The molecule has 0 aliphatic carbocycles. The number of halogens is 6. The van der Waals surface area contributed by atoms with Crippen molar-refractivity contribution >= 4 is 38.7 Å². The third kappa shape index (κ3) is 4.79. The van der Waals surface area contributed by atoms with Crippen LogP contribution in [0.1, 0.15) is 35.4 Å². The van der Waals surface area contributed by atoms with Gasteiger partial charge in [0.1, 0.15) is 18.1 Å². The fourth-order valence-corrected chi connectivity index (χ4v) is 3.89. The molecule has 4 rings (SSSR count). The minimum absolute atomic E-state index is 0.0810. The molecule has 0 fully saturated rings. The van der Waals surface area contributed by atoms with E-state index in [4.69, 9.17) is 0 Å². The molecule has 0 spiro atoms. The van der Waals surface area contributed by atoms with E-state index in [-0.39, 0.29) is 29.1 Å². The van der Waals surface area contributed by atoms with E-state index < -0.39 is 42.4 Å². The molecule has 0 aliphatic rings. The predicted molar refractivity (Wildman–Crippen MR) is 116 cm³/mol. The van der Waals surface area contributed by atoms with E-state index in [9.17, 15) is 26.7 Å². The number of amides is 1. The number of hydrogen-bond acceptors (Lipinski definition) is 4. The Morgan fingerprint density at radius 1 is 1.15 bits per heavy atom. The molecule has 0 aliphatic heterocycles. The standard InChI is InChI=1S/C21H16BrF5N6O/c1-10-17-12(18(24)25)6-15(19(26)27)28-21(17)33(30-10)9-16(34)29-20-13(22)8-32(31-20)7-11-4-2-3-5-14(11)23/h2-6,8,18-19H,7,9H2,1H3,(H,29,31,34). The molecular formula is C21H16BrF5N6O. The van der Waals surface area contributed by atoms with Crippen LogP contribution in [-0.2, 0) is 17.9 Å². The summed E-state index contributed by atoms with van der Waals surface area (Å²) in [6.07, 6.45) is -4.56. The summed E-state index contributed by atoms with van der Waals surface area (Å²) in [6.45, 7) is 1.05. The number of nitrogens with one attached hydrogen (secondary N) is 1. The Kier molecular flexibility index (Phi) is 6.64. The van der Waals surface area contributed by atoms with Crippen molar-refractivity contribution in [1.82, 2.24) is 24.5 Å². The zero-order chi connectivity index (χ0) is 24.6. The van der Waals surface area contributed by atoms with Crippen molar-refractivity contribution in [1.29, 1.82) is 0 Å². The van der Waals surface area contributed by atoms with Gasteiger partial charge in [0.25, 0.3) is 12.9 Å². The van der Waals surface area contributed by atoms with Gasteiger partial charge in [-0.05, 0) is 35.0 Å². The molecule has 3 heterocycles. The molecule has 178 valence electrons. The first kappa shape index (κ1) is 23.8. The SMILES string of the molecule is Cc1nn(CC(=O)Nc2nn(Cc3ccccc3F)cc2Br)c2nc(C(F)F)cc(C(F)F)c12. The molecule has 1 amide bonds. The molecule has 3 aromatic heterocycles. The maximum Gasteiger partial charge on any atom is 0.280 e. The summed E-state index contributed by atoms with van der Waals surface area (Å²) in [5, 5.41) is 10.7. The van der Waals surface area contributed by atoms with E-state index in [1.165, 1.54) is 17.7 Å². The molecule has 0 unspecified atom stereocenters. The summed E-state index contributed by atoms with van der Waals surface area (Å²) >= 11 is 3.26. The molecule has 0 radical (unpaired) electrons. The number of anilines is 1. The molecule has 34 heavy (non-hydrogen) atoms. The quantitative estimate of drug-likeness (QED) is 0.317. The van der Waals surface area contributed by atoms with Crippen molar-refractivity contribution < 1.29 is 26.7 Å². The van der Waals surface area contributed by atoms with Crippen molar-refractivity contribution in [3.05, 3.63) is 69.3 Å². The molecule has 13 heteroatoms. The minimum Gasteiger partial charge on any atom is -0.307 e. The number of carbonyl (C=O) groups excluding carboxylic acids is 1. The maximum absolute atomic E-state index is 13.9. The van der Waals surface area contributed by atoms with E-state index in [1.807, 2.05) is 0 Å². The van der Waals surface area contributed by atoms with Gasteiger partial charge in [0.15, 0.2) is 11.5 Å². The molecule has 0 saturated heterocycles. The van der Waals surface area contributed by atoms with Crippen LogP contribution in [0.3, 0.4) is 0 Å². The number of fused-ring (bicyclic) bond motifs is 1. The van der Waals surface area contributed by atoms with Gasteiger partial charge in [-0.2, -0.15) is 10.2 Å². The Hall–Kier alpha value is -3.35. The van der Waals surface area contributed by atoms with Gasteiger partial charge in [0.2, 0.25) is 5.91 Å². The van der Waals surface area contributed by atoms with Crippen LogP contribution in [0.2, 0.25) is 0 Å².